The number of H-pyrrole nitrogens is 1. The smallest absolute Gasteiger partial charge is 0.274 e. The van der Waals surface area contributed by atoms with Crippen molar-refractivity contribution in [3.05, 3.63) is 70.8 Å². The van der Waals surface area contributed by atoms with Crippen LogP contribution in [0.3, 0.4) is 0 Å². The van der Waals surface area contributed by atoms with E-state index in [0.717, 1.165) is 0 Å². The average Bonchev–Trinajstić information content (AvgIpc) is 3.09. The number of aromatic amines is 1. The topological polar surface area (TPSA) is 105 Å². The van der Waals surface area contributed by atoms with E-state index in [1.165, 1.54) is 30.5 Å². The third-order valence-electron chi connectivity index (χ3n) is 3.05. The van der Waals surface area contributed by atoms with Crippen molar-refractivity contribution in [3.8, 4) is 11.4 Å². The molecule has 23 heavy (non-hydrogen) atoms. The van der Waals surface area contributed by atoms with Gasteiger partial charge in [0.1, 0.15) is 0 Å². The molecular formula is C15H13N3O4S. The van der Waals surface area contributed by atoms with Crippen LogP contribution in [0.1, 0.15) is 5.69 Å². The maximum absolute atomic E-state index is 12.0. The normalized spacial score (nSPS) is 11.5. The highest BCUT2D eigenvalue weighted by atomic mass is 32.2. The van der Waals surface area contributed by atoms with E-state index in [0.29, 0.717) is 17.1 Å². The Morgan fingerprint density at radius 1 is 1.17 bits per heavy atom. The summed E-state index contributed by atoms with van der Waals surface area (Å²) in [7, 11) is -3.76. The van der Waals surface area contributed by atoms with Gasteiger partial charge in [0.2, 0.25) is 5.09 Å². The molecule has 0 aliphatic rings. The van der Waals surface area contributed by atoms with Gasteiger partial charge in [0.05, 0.1) is 24.2 Å². The number of aromatic nitrogens is 2. The minimum atomic E-state index is -3.76. The SMILES string of the molecule is O=c1cc(CNS(=O)(=O)c2ccco2)[nH]c(-c2ccccn2)c1. The second-order valence-electron chi connectivity index (χ2n) is 4.73. The van der Waals surface area contributed by atoms with Crippen LogP contribution < -0.4 is 10.2 Å². The van der Waals surface area contributed by atoms with Gasteiger partial charge in [-0.1, -0.05) is 6.07 Å². The van der Waals surface area contributed by atoms with Gasteiger partial charge in [0.25, 0.3) is 10.0 Å². The highest BCUT2D eigenvalue weighted by molar-refractivity contribution is 7.89. The van der Waals surface area contributed by atoms with Gasteiger partial charge in [-0.2, -0.15) is 0 Å². The van der Waals surface area contributed by atoms with Crippen LogP contribution in [0.4, 0.5) is 0 Å². The molecule has 0 aliphatic heterocycles. The molecule has 0 aliphatic carbocycles. The van der Waals surface area contributed by atoms with Crippen molar-refractivity contribution in [1.29, 1.82) is 0 Å². The van der Waals surface area contributed by atoms with Gasteiger partial charge in [0, 0.05) is 24.0 Å². The molecular weight excluding hydrogens is 318 g/mol. The molecule has 0 radical (unpaired) electrons. The van der Waals surface area contributed by atoms with Crippen LogP contribution in [0, 0.1) is 0 Å². The Morgan fingerprint density at radius 2 is 2.04 bits per heavy atom. The molecule has 118 valence electrons. The number of nitrogens with one attached hydrogen (secondary N) is 2. The lowest BCUT2D eigenvalue weighted by Crippen LogP contribution is -2.24. The summed E-state index contributed by atoms with van der Waals surface area (Å²) in [6.07, 6.45) is 2.89. The number of rotatable bonds is 5. The Labute approximate surface area is 132 Å². The van der Waals surface area contributed by atoms with Crippen molar-refractivity contribution in [3.63, 3.8) is 0 Å². The van der Waals surface area contributed by atoms with E-state index in [1.54, 1.807) is 24.4 Å². The van der Waals surface area contributed by atoms with E-state index in [9.17, 15) is 13.2 Å². The van der Waals surface area contributed by atoms with Gasteiger partial charge in [-0.15, -0.1) is 0 Å². The first-order valence-electron chi connectivity index (χ1n) is 6.72. The molecule has 0 fully saturated rings. The quantitative estimate of drug-likeness (QED) is 0.737. The van der Waals surface area contributed by atoms with Crippen molar-refractivity contribution >= 4 is 10.0 Å². The molecule has 0 saturated carbocycles. The predicted octanol–water partition coefficient (Wildman–Crippen LogP) is 1.51. The standard InChI is InChI=1S/C15H13N3O4S/c19-12-8-11(10-17-23(20,21)15-5-3-7-22-15)18-14(9-12)13-4-1-2-6-16-13/h1-9,17H,10H2,(H,18,19). The molecule has 0 bridgehead atoms. The Kier molecular flexibility index (Phi) is 4.09. The van der Waals surface area contributed by atoms with Crippen molar-refractivity contribution in [1.82, 2.24) is 14.7 Å². The third kappa shape index (κ3) is 3.55. The average molecular weight is 331 g/mol. The van der Waals surface area contributed by atoms with Gasteiger partial charge >= 0.3 is 0 Å². The molecule has 0 saturated heterocycles. The predicted molar refractivity (Wildman–Crippen MR) is 83.0 cm³/mol. The van der Waals surface area contributed by atoms with Crippen LogP contribution in [0.25, 0.3) is 11.4 Å². The fourth-order valence-corrected chi connectivity index (χ4v) is 2.94. The number of hydrogen-bond donors (Lipinski definition) is 2. The lowest BCUT2D eigenvalue weighted by molar-refractivity contribution is 0.445. The highest BCUT2D eigenvalue weighted by Crippen LogP contribution is 2.13. The van der Waals surface area contributed by atoms with Gasteiger partial charge < -0.3 is 9.40 Å². The largest absolute Gasteiger partial charge is 0.452 e. The Morgan fingerprint density at radius 3 is 2.74 bits per heavy atom. The van der Waals surface area contributed by atoms with Gasteiger partial charge in [-0.25, -0.2) is 13.1 Å². The van der Waals surface area contributed by atoms with Crippen LogP contribution in [0.2, 0.25) is 0 Å². The molecule has 7 nitrogen and oxygen atoms in total. The Hall–Kier alpha value is -2.71. The maximum Gasteiger partial charge on any atom is 0.274 e. The number of nitrogens with zero attached hydrogens (tertiary/aromatic N) is 1. The first-order valence-corrected chi connectivity index (χ1v) is 8.21. The number of furan rings is 1. The molecule has 3 aromatic heterocycles. The van der Waals surface area contributed by atoms with E-state index >= 15 is 0 Å². The molecule has 0 unspecified atom stereocenters. The summed E-state index contributed by atoms with van der Waals surface area (Å²) in [6, 6.07) is 10.9. The summed E-state index contributed by atoms with van der Waals surface area (Å²) < 4.78 is 31.2. The summed E-state index contributed by atoms with van der Waals surface area (Å²) in [5.74, 6) is 0. The van der Waals surface area contributed by atoms with Crippen LogP contribution in [-0.4, -0.2) is 18.4 Å². The van der Waals surface area contributed by atoms with Crippen LogP contribution in [-0.2, 0) is 16.6 Å². The molecule has 0 spiro atoms. The summed E-state index contributed by atoms with van der Waals surface area (Å²) in [6.45, 7) is -0.0705. The summed E-state index contributed by atoms with van der Waals surface area (Å²) in [5.41, 5.74) is 1.30. The van der Waals surface area contributed by atoms with Crippen molar-refractivity contribution in [2.24, 2.45) is 0 Å². The maximum atomic E-state index is 12.0. The van der Waals surface area contributed by atoms with Gasteiger partial charge in [-0.3, -0.25) is 9.78 Å². The first-order chi connectivity index (χ1) is 11.0. The van der Waals surface area contributed by atoms with Crippen LogP contribution >= 0.6 is 0 Å². The second-order valence-corrected chi connectivity index (χ2v) is 6.42. The zero-order valence-corrected chi connectivity index (χ0v) is 12.7. The van der Waals surface area contributed by atoms with Crippen LogP contribution in [0.5, 0.6) is 0 Å². The van der Waals surface area contributed by atoms with Crippen molar-refractivity contribution in [2.45, 2.75) is 11.6 Å². The fourth-order valence-electron chi connectivity index (χ4n) is 2.02. The molecule has 0 amide bonds. The van der Waals surface area contributed by atoms with Crippen molar-refractivity contribution in [2.75, 3.05) is 0 Å². The van der Waals surface area contributed by atoms with Gasteiger partial charge in [-0.05, 0) is 24.3 Å². The summed E-state index contributed by atoms with van der Waals surface area (Å²) in [5, 5.41) is -0.180. The van der Waals surface area contributed by atoms with E-state index < -0.39 is 10.0 Å². The first kappa shape index (κ1) is 15.2. The van der Waals surface area contributed by atoms with E-state index in [1.807, 2.05) is 0 Å². The van der Waals surface area contributed by atoms with E-state index in [-0.39, 0.29) is 17.1 Å². The van der Waals surface area contributed by atoms with E-state index in [4.69, 9.17) is 4.42 Å². The lowest BCUT2D eigenvalue weighted by Gasteiger charge is -2.07. The molecule has 3 rings (SSSR count). The molecule has 2 N–H and O–H groups in total. The molecule has 8 heteroatoms. The molecule has 0 atom stereocenters. The number of pyridine rings is 2. The van der Waals surface area contributed by atoms with Gasteiger partial charge in [0.15, 0.2) is 5.43 Å². The minimum Gasteiger partial charge on any atom is -0.452 e. The Balaban J connectivity index is 1.84. The molecule has 3 aromatic rings. The summed E-state index contributed by atoms with van der Waals surface area (Å²) >= 11 is 0. The second kappa shape index (κ2) is 6.19. The van der Waals surface area contributed by atoms with Crippen LogP contribution in [0.15, 0.2) is 69.2 Å². The fraction of sp³-hybridized carbons (Fsp3) is 0.0667. The minimum absolute atomic E-state index is 0.0705. The third-order valence-corrected chi connectivity index (χ3v) is 4.34. The number of sulfonamides is 1. The van der Waals surface area contributed by atoms with E-state index in [2.05, 4.69) is 14.7 Å². The highest BCUT2D eigenvalue weighted by Gasteiger charge is 2.16. The number of hydrogen-bond acceptors (Lipinski definition) is 5. The Bertz CT molecular complexity index is 948. The monoisotopic (exact) mass is 331 g/mol. The zero-order valence-electron chi connectivity index (χ0n) is 11.9. The molecule has 0 aromatic carbocycles. The summed E-state index contributed by atoms with van der Waals surface area (Å²) in [4.78, 5) is 19.0. The zero-order chi connectivity index (χ0) is 16.3. The van der Waals surface area contributed by atoms with Crippen molar-refractivity contribution < 1.29 is 12.8 Å². The lowest BCUT2D eigenvalue weighted by atomic mass is 10.2. The molecule has 3 heterocycles.